The Labute approximate surface area is 118 Å². The Morgan fingerprint density at radius 3 is 2.32 bits per heavy atom. The fourth-order valence-corrected chi connectivity index (χ4v) is 1.92. The van der Waals surface area contributed by atoms with Crippen LogP contribution in [0.25, 0.3) is 0 Å². The second-order valence-corrected chi connectivity index (χ2v) is 4.96. The Kier molecular flexibility index (Phi) is 15.0. The summed E-state index contributed by atoms with van der Waals surface area (Å²) < 4.78 is 4.92. The third kappa shape index (κ3) is 15.3. The molecule has 0 spiro atoms. The highest BCUT2D eigenvalue weighted by Gasteiger charge is 1.99. The highest BCUT2D eigenvalue weighted by Crippen LogP contribution is 2.08. The van der Waals surface area contributed by atoms with E-state index in [9.17, 15) is 4.79 Å². The van der Waals surface area contributed by atoms with Crippen LogP contribution in [0.4, 0.5) is 0 Å². The third-order valence-electron chi connectivity index (χ3n) is 3.11. The van der Waals surface area contributed by atoms with Gasteiger partial charge < -0.3 is 15.4 Å². The van der Waals surface area contributed by atoms with Gasteiger partial charge in [0.15, 0.2) is 0 Å². The lowest BCUT2D eigenvalue weighted by atomic mass is 10.1. The Morgan fingerprint density at radius 2 is 1.63 bits per heavy atom. The van der Waals surface area contributed by atoms with Crippen molar-refractivity contribution in [1.29, 1.82) is 0 Å². The van der Waals surface area contributed by atoms with E-state index >= 15 is 0 Å². The summed E-state index contributed by atoms with van der Waals surface area (Å²) >= 11 is 0. The van der Waals surface area contributed by atoms with Crippen LogP contribution in [0, 0.1) is 0 Å². The SMILES string of the molecule is CCCCCCCCCC(=O)NCCNCCOC. The van der Waals surface area contributed by atoms with E-state index in [1.807, 2.05) is 0 Å². The van der Waals surface area contributed by atoms with Crippen LogP contribution in [-0.2, 0) is 9.53 Å². The van der Waals surface area contributed by atoms with Crippen molar-refractivity contribution in [1.82, 2.24) is 10.6 Å². The Morgan fingerprint density at radius 1 is 0.947 bits per heavy atom. The highest BCUT2D eigenvalue weighted by molar-refractivity contribution is 5.75. The predicted molar refractivity (Wildman–Crippen MR) is 80.4 cm³/mol. The lowest BCUT2D eigenvalue weighted by molar-refractivity contribution is -0.121. The summed E-state index contributed by atoms with van der Waals surface area (Å²) in [7, 11) is 1.69. The second kappa shape index (κ2) is 15.4. The molecule has 0 aromatic rings. The number of carbonyl (C=O) groups excluding carboxylic acids is 1. The number of carbonyl (C=O) groups is 1. The maximum absolute atomic E-state index is 11.5. The molecule has 0 unspecified atom stereocenters. The van der Waals surface area contributed by atoms with Crippen molar-refractivity contribution in [3.05, 3.63) is 0 Å². The lowest BCUT2D eigenvalue weighted by Crippen LogP contribution is -2.32. The summed E-state index contributed by atoms with van der Waals surface area (Å²) in [5.41, 5.74) is 0. The summed E-state index contributed by atoms with van der Waals surface area (Å²) in [6, 6.07) is 0. The summed E-state index contributed by atoms with van der Waals surface area (Å²) in [6.45, 7) is 5.30. The van der Waals surface area contributed by atoms with Crippen molar-refractivity contribution in [2.75, 3.05) is 33.4 Å². The van der Waals surface area contributed by atoms with Gasteiger partial charge in [0, 0.05) is 33.2 Å². The number of nitrogens with one attached hydrogen (secondary N) is 2. The quantitative estimate of drug-likeness (QED) is 0.478. The van der Waals surface area contributed by atoms with Gasteiger partial charge in [-0.3, -0.25) is 4.79 Å². The van der Waals surface area contributed by atoms with Crippen LogP contribution in [0.2, 0.25) is 0 Å². The molecule has 0 aliphatic rings. The molecule has 0 fully saturated rings. The minimum absolute atomic E-state index is 0.182. The average molecular weight is 272 g/mol. The molecule has 1 amide bonds. The van der Waals surface area contributed by atoms with E-state index in [-0.39, 0.29) is 5.91 Å². The third-order valence-corrected chi connectivity index (χ3v) is 3.11. The first-order valence-corrected chi connectivity index (χ1v) is 7.77. The van der Waals surface area contributed by atoms with Gasteiger partial charge in [-0.1, -0.05) is 45.4 Å². The molecule has 0 aliphatic heterocycles. The molecule has 0 aromatic carbocycles. The number of unbranched alkanes of at least 4 members (excludes halogenated alkanes) is 6. The molecule has 19 heavy (non-hydrogen) atoms. The molecule has 0 rings (SSSR count). The summed E-state index contributed by atoms with van der Waals surface area (Å²) in [5.74, 6) is 0.182. The number of hydrogen-bond donors (Lipinski definition) is 2. The van der Waals surface area contributed by atoms with E-state index in [1.165, 1.54) is 38.5 Å². The Bertz CT molecular complexity index is 199. The predicted octanol–water partition coefficient (Wildman–Crippen LogP) is 2.48. The van der Waals surface area contributed by atoms with Gasteiger partial charge in [-0.05, 0) is 6.42 Å². The molecule has 4 heteroatoms. The normalized spacial score (nSPS) is 10.6. The largest absolute Gasteiger partial charge is 0.383 e. The van der Waals surface area contributed by atoms with Crippen LogP contribution in [-0.4, -0.2) is 39.3 Å². The van der Waals surface area contributed by atoms with E-state index in [0.717, 1.165) is 19.5 Å². The van der Waals surface area contributed by atoms with Gasteiger partial charge in [-0.2, -0.15) is 0 Å². The molecule has 0 saturated heterocycles. The Hall–Kier alpha value is -0.610. The van der Waals surface area contributed by atoms with Crippen molar-refractivity contribution >= 4 is 5.91 Å². The average Bonchev–Trinajstić information content (AvgIpc) is 2.41. The topological polar surface area (TPSA) is 50.4 Å². The molecular formula is C15H32N2O2. The van der Waals surface area contributed by atoms with Crippen molar-refractivity contribution in [2.24, 2.45) is 0 Å². The molecular weight excluding hydrogens is 240 g/mol. The zero-order valence-electron chi connectivity index (χ0n) is 12.8. The zero-order valence-corrected chi connectivity index (χ0v) is 12.8. The summed E-state index contributed by atoms with van der Waals surface area (Å²) in [6.07, 6.45) is 9.45. The number of ether oxygens (including phenoxy) is 1. The summed E-state index contributed by atoms with van der Waals surface area (Å²) in [5, 5.41) is 6.13. The van der Waals surface area contributed by atoms with Crippen molar-refractivity contribution in [3.63, 3.8) is 0 Å². The summed E-state index contributed by atoms with van der Waals surface area (Å²) in [4.78, 5) is 11.5. The molecule has 114 valence electrons. The fraction of sp³-hybridized carbons (Fsp3) is 0.933. The van der Waals surface area contributed by atoms with Crippen LogP contribution in [0.1, 0.15) is 58.3 Å². The second-order valence-electron chi connectivity index (χ2n) is 4.96. The monoisotopic (exact) mass is 272 g/mol. The number of amides is 1. The number of methoxy groups -OCH3 is 1. The molecule has 2 N–H and O–H groups in total. The molecule has 0 bridgehead atoms. The van der Waals surface area contributed by atoms with Gasteiger partial charge in [0.25, 0.3) is 0 Å². The fourth-order valence-electron chi connectivity index (χ4n) is 1.92. The molecule has 0 saturated carbocycles. The van der Waals surface area contributed by atoms with Crippen molar-refractivity contribution < 1.29 is 9.53 Å². The number of hydrogen-bond acceptors (Lipinski definition) is 3. The van der Waals surface area contributed by atoms with Gasteiger partial charge in [-0.25, -0.2) is 0 Å². The first-order valence-electron chi connectivity index (χ1n) is 7.77. The first kappa shape index (κ1) is 18.4. The van der Waals surface area contributed by atoms with Gasteiger partial charge in [-0.15, -0.1) is 0 Å². The van der Waals surface area contributed by atoms with Gasteiger partial charge >= 0.3 is 0 Å². The molecule has 0 radical (unpaired) electrons. The molecule has 0 heterocycles. The van der Waals surface area contributed by atoms with Crippen LogP contribution < -0.4 is 10.6 Å². The number of rotatable bonds is 14. The standard InChI is InChI=1S/C15H32N2O2/c1-3-4-5-6-7-8-9-10-15(18)17-12-11-16-13-14-19-2/h16H,3-14H2,1-2H3,(H,17,18). The van der Waals surface area contributed by atoms with E-state index in [2.05, 4.69) is 17.6 Å². The van der Waals surface area contributed by atoms with E-state index < -0.39 is 0 Å². The lowest BCUT2D eigenvalue weighted by Gasteiger charge is -2.06. The van der Waals surface area contributed by atoms with E-state index in [1.54, 1.807) is 7.11 Å². The molecule has 0 atom stereocenters. The van der Waals surface area contributed by atoms with Crippen LogP contribution in [0.5, 0.6) is 0 Å². The van der Waals surface area contributed by atoms with Crippen LogP contribution in [0.3, 0.4) is 0 Å². The minimum Gasteiger partial charge on any atom is -0.383 e. The van der Waals surface area contributed by atoms with E-state index in [4.69, 9.17) is 4.74 Å². The first-order chi connectivity index (χ1) is 9.31. The smallest absolute Gasteiger partial charge is 0.220 e. The molecule has 0 aliphatic carbocycles. The van der Waals surface area contributed by atoms with Gasteiger partial charge in [0.05, 0.1) is 6.61 Å². The zero-order chi connectivity index (χ0) is 14.2. The molecule has 4 nitrogen and oxygen atoms in total. The van der Waals surface area contributed by atoms with Gasteiger partial charge in [0.1, 0.15) is 0 Å². The maximum Gasteiger partial charge on any atom is 0.220 e. The van der Waals surface area contributed by atoms with Crippen LogP contribution in [0.15, 0.2) is 0 Å². The molecule has 0 aromatic heterocycles. The van der Waals surface area contributed by atoms with Gasteiger partial charge in [0.2, 0.25) is 5.91 Å². The van der Waals surface area contributed by atoms with Crippen molar-refractivity contribution in [2.45, 2.75) is 58.3 Å². The maximum atomic E-state index is 11.5. The van der Waals surface area contributed by atoms with Crippen molar-refractivity contribution in [3.8, 4) is 0 Å². The Balaban J connectivity index is 3.13. The van der Waals surface area contributed by atoms with E-state index in [0.29, 0.717) is 19.6 Å². The highest BCUT2D eigenvalue weighted by atomic mass is 16.5. The van der Waals surface area contributed by atoms with Crippen LogP contribution >= 0.6 is 0 Å². The minimum atomic E-state index is 0.182.